The summed E-state index contributed by atoms with van der Waals surface area (Å²) in [7, 11) is 0. The molecule has 0 aromatic rings. The van der Waals surface area contributed by atoms with Crippen LogP contribution in [0.5, 0.6) is 0 Å². The summed E-state index contributed by atoms with van der Waals surface area (Å²) in [6.45, 7) is 9.81. The minimum Gasteiger partial charge on any atom is -0.315 e. The third-order valence-corrected chi connectivity index (χ3v) is 4.76. The van der Waals surface area contributed by atoms with E-state index in [9.17, 15) is 0 Å². The van der Waals surface area contributed by atoms with E-state index in [-0.39, 0.29) is 0 Å². The van der Waals surface area contributed by atoms with Gasteiger partial charge in [0, 0.05) is 19.1 Å². The number of piperidine rings is 1. The normalized spacial score (nSPS) is 32.1. The van der Waals surface area contributed by atoms with Gasteiger partial charge in [-0.2, -0.15) is 0 Å². The quantitative estimate of drug-likeness (QED) is 0.741. The van der Waals surface area contributed by atoms with Gasteiger partial charge in [-0.05, 0) is 57.5 Å². The van der Waals surface area contributed by atoms with E-state index in [1.54, 1.807) is 0 Å². The van der Waals surface area contributed by atoms with Gasteiger partial charge in [-0.1, -0.05) is 19.8 Å². The van der Waals surface area contributed by atoms with Gasteiger partial charge in [0.1, 0.15) is 0 Å². The fraction of sp³-hybridized carbons (Fsp3) is 1.00. The van der Waals surface area contributed by atoms with E-state index in [4.69, 9.17) is 0 Å². The fourth-order valence-corrected chi connectivity index (χ4v) is 3.53. The number of nitrogens with one attached hydrogen (secondary N) is 1. The van der Waals surface area contributed by atoms with Gasteiger partial charge in [-0.15, -0.1) is 0 Å². The lowest BCUT2D eigenvalue weighted by atomic mass is 9.93. The Kier molecular flexibility index (Phi) is 5.30. The van der Waals surface area contributed by atoms with Crippen molar-refractivity contribution < 1.29 is 0 Å². The van der Waals surface area contributed by atoms with Crippen molar-refractivity contribution in [3.8, 4) is 0 Å². The maximum atomic E-state index is 3.66. The smallest absolute Gasteiger partial charge is 0.0110 e. The second kappa shape index (κ2) is 6.75. The van der Waals surface area contributed by atoms with E-state index in [2.05, 4.69) is 24.1 Å². The second-order valence-electron chi connectivity index (χ2n) is 6.37. The summed E-state index contributed by atoms with van der Waals surface area (Å²) in [5.74, 6) is 1.92. The van der Waals surface area contributed by atoms with E-state index >= 15 is 0 Å². The average molecular weight is 238 g/mol. The molecule has 2 aliphatic rings. The number of hydrogen-bond donors (Lipinski definition) is 1. The summed E-state index contributed by atoms with van der Waals surface area (Å²) in [6.07, 6.45) is 8.64. The van der Waals surface area contributed by atoms with Crippen molar-refractivity contribution >= 4 is 0 Å². The molecule has 0 aromatic carbocycles. The summed E-state index contributed by atoms with van der Waals surface area (Å²) in [5, 5.41) is 3.66. The lowest BCUT2D eigenvalue weighted by Gasteiger charge is -2.36. The predicted octanol–water partition coefficient (Wildman–Crippen LogP) is 2.89. The molecule has 17 heavy (non-hydrogen) atoms. The molecule has 1 saturated carbocycles. The number of nitrogens with zero attached hydrogens (tertiary/aromatic N) is 1. The van der Waals surface area contributed by atoms with Crippen molar-refractivity contribution in [2.45, 2.75) is 58.4 Å². The highest BCUT2D eigenvalue weighted by molar-refractivity contribution is 4.77. The van der Waals surface area contributed by atoms with Gasteiger partial charge < -0.3 is 5.32 Å². The maximum Gasteiger partial charge on any atom is 0.0110 e. The first-order chi connectivity index (χ1) is 8.25. The van der Waals surface area contributed by atoms with Crippen molar-refractivity contribution in [2.24, 2.45) is 11.8 Å². The molecule has 0 radical (unpaired) electrons. The third-order valence-electron chi connectivity index (χ3n) is 4.76. The zero-order valence-electron chi connectivity index (χ0n) is 11.8. The summed E-state index contributed by atoms with van der Waals surface area (Å²) in [4.78, 5) is 2.67. The third kappa shape index (κ3) is 4.26. The molecule has 2 heteroatoms. The molecule has 0 spiro atoms. The Balaban J connectivity index is 1.55. The molecule has 1 N–H and O–H groups in total. The molecule has 100 valence electrons. The first-order valence-corrected chi connectivity index (χ1v) is 7.70. The Labute approximate surface area is 107 Å². The van der Waals surface area contributed by atoms with Crippen LogP contribution in [0.3, 0.4) is 0 Å². The van der Waals surface area contributed by atoms with Crippen molar-refractivity contribution in [1.82, 2.24) is 10.2 Å². The van der Waals surface area contributed by atoms with Crippen LogP contribution in [0.25, 0.3) is 0 Å². The van der Waals surface area contributed by atoms with Gasteiger partial charge in [-0.3, -0.25) is 4.90 Å². The van der Waals surface area contributed by atoms with Gasteiger partial charge in [0.15, 0.2) is 0 Å². The van der Waals surface area contributed by atoms with Crippen LogP contribution < -0.4 is 5.32 Å². The van der Waals surface area contributed by atoms with Crippen molar-refractivity contribution in [2.75, 3.05) is 26.2 Å². The highest BCUT2D eigenvalue weighted by Gasteiger charge is 2.22. The Morgan fingerprint density at radius 2 is 1.88 bits per heavy atom. The SMILES string of the molecule is CC1CCN(CCNCC2CCCC2)C(C)C1. The Bertz CT molecular complexity index is 211. The van der Waals surface area contributed by atoms with Gasteiger partial charge in [0.05, 0.1) is 0 Å². The lowest BCUT2D eigenvalue weighted by molar-refractivity contribution is 0.130. The molecule has 2 nitrogen and oxygen atoms in total. The van der Waals surface area contributed by atoms with Crippen LogP contribution in [0.2, 0.25) is 0 Å². The van der Waals surface area contributed by atoms with Crippen LogP contribution in [0, 0.1) is 11.8 Å². The molecule has 2 atom stereocenters. The molecule has 1 aliphatic heterocycles. The monoisotopic (exact) mass is 238 g/mol. The molecule has 1 aliphatic carbocycles. The maximum absolute atomic E-state index is 3.66. The molecule has 1 saturated heterocycles. The standard InChI is InChI=1S/C15H30N2/c1-13-7-9-17(14(2)11-13)10-8-16-12-15-5-3-4-6-15/h13-16H,3-12H2,1-2H3. The van der Waals surface area contributed by atoms with Gasteiger partial charge in [0.25, 0.3) is 0 Å². The largest absolute Gasteiger partial charge is 0.315 e. The molecular weight excluding hydrogens is 208 g/mol. The summed E-state index contributed by atoms with van der Waals surface area (Å²) >= 11 is 0. The van der Waals surface area contributed by atoms with Crippen molar-refractivity contribution in [3.63, 3.8) is 0 Å². The highest BCUT2D eigenvalue weighted by Crippen LogP contribution is 2.24. The van der Waals surface area contributed by atoms with Crippen LogP contribution in [0.15, 0.2) is 0 Å². The van der Waals surface area contributed by atoms with Crippen molar-refractivity contribution in [1.29, 1.82) is 0 Å². The first kappa shape index (κ1) is 13.4. The first-order valence-electron chi connectivity index (χ1n) is 7.70. The van der Waals surface area contributed by atoms with Gasteiger partial charge in [0.2, 0.25) is 0 Å². The van der Waals surface area contributed by atoms with Crippen LogP contribution in [0.4, 0.5) is 0 Å². The summed E-state index contributed by atoms with van der Waals surface area (Å²) < 4.78 is 0. The molecule has 2 fully saturated rings. The lowest BCUT2D eigenvalue weighted by Crippen LogP contribution is -2.43. The topological polar surface area (TPSA) is 15.3 Å². The average Bonchev–Trinajstić information content (AvgIpc) is 2.79. The second-order valence-corrected chi connectivity index (χ2v) is 6.37. The number of hydrogen-bond acceptors (Lipinski definition) is 2. The van der Waals surface area contributed by atoms with E-state index in [0.717, 1.165) is 17.9 Å². The van der Waals surface area contributed by atoms with Crippen LogP contribution in [0.1, 0.15) is 52.4 Å². The van der Waals surface area contributed by atoms with E-state index < -0.39 is 0 Å². The molecule has 1 heterocycles. The Hall–Kier alpha value is -0.0800. The molecular formula is C15H30N2. The summed E-state index contributed by atoms with van der Waals surface area (Å²) in [6, 6.07) is 0.798. The van der Waals surface area contributed by atoms with Crippen LogP contribution >= 0.6 is 0 Å². The zero-order chi connectivity index (χ0) is 12.1. The minimum atomic E-state index is 0.798. The number of likely N-dealkylation sites (tertiary alicyclic amines) is 1. The van der Waals surface area contributed by atoms with E-state index in [1.807, 2.05) is 0 Å². The molecule has 2 rings (SSSR count). The van der Waals surface area contributed by atoms with Crippen LogP contribution in [-0.4, -0.2) is 37.1 Å². The Morgan fingerprint density at radius 3 is 2.59 bits per heavy atom. The summed E-state index contributed by atoms with van der Waals surface area (Å²) in [5.41, 5.74) is 0. The Morgan fingerprint density at radius 1 is 1.12 bits per heavy atom. The molecule has 0 bridgehead atoms. The van der Waals surface area contributed by atoms with E-state index in [0.29, 0.717) is 0 Å². The van der Waals surface area contributed by atoms with Crippen molar-refractivity contribution in [3.05, 3.63) is 0 Å². The van der Waals surface area contributed by atoms with Gasteiger partial charge in [-0.25, -0.2) is 0 Å². The zero-order valence-corrected chi connectivity index (χ0v) is 11.8. The minimum absolute atomic E-state index is 0.798. The fourth-order valence-electron chi connectivity index (χ4n) is 3.53. The number of rotatable bonds is 5. The molecule has 2 unspecified atom stereocenters. The van der Waals surface area contributed by atoms with Crippen LogP contribution in [-0.2, 0) is 0 Å². The molecule has 0 aromatic heterocycles. The predicted molar refractivity (Wildman–Crippen MR) is 74.3 cm³/mol. The molecule has 0 amide bonds. The van der Waals surface area contributed by atoms with E-state index in [1.165, 1.54) is 64.7 Å². The highest BCUT2D eigenvalue weighted by atomic mass is 15.2. The van der Waals surface area contributed by atoms with Gasteiger partial charge >= 0.3 is 0 Å².